The molecule has 0 spiro atoms. The van der Waals surface area contributed by atoms with Crippen LogP contribution < -0.4 is 0 Å². The first kappa shape index (κ1) is 22.2. The number of alkyl halides is 3. The summed E-state index contributed by atoms with van der Waals surface area (Å²) in [5.41, 5.74) is -3.42. The first-order valence-corrected chi connectivity index (χ1v) is 9.34. The largest absolute Gasteiger partial charge is 0.466 e. The smallest absolute Gasteiger partial charge is 0.430 e. The Morgan fingerprint density at radius 1 is 1.18 bits per heavy atom. The molecule has 1 fully saturated rings. The van der Waals surface area contributed by atoms with Crippen LogP contribution in [0.4, 0.5) is 13.2 Å². The number of hydrogen-bond acceptors (Lipinski definition) is 4. The highest BCUT2D eigenvalue weighted by atomic mass is 19.4. The van der Waals surface area contributed by atoms with Crippen LogP contribution in [0.2, 0.25) is 0 Å². The molecule has 1 amide bonds. The molecule has 28 heavy (non-hydrogen) atoms. The maximum absolute atomic E-state index is 14.2. The van der Waals surface area contributed by atoms with Crippen molar-refractivity contribution in [1.29, 1.82) is 0 Å². The number of likely N-dealkylation sites (tertiary alicyclic amines) is 1. The molecular weight excluding hydrogens is 375 g/mol. The number of piperidine rings is 1. The first-order chi connectivity index (χ1) is 13.2. The maximum Gasteiger partial charge on any atom is 0.430 e. The van der Waals surface area contributed by atoms with Gasteiger partial charge in [-0.2, -0.15) is 13.2 Å². The van der Waals surface area contributed by atoms with E-state index in [1.807, 2.05) is 0 Å². The van der Waals surface area contributed by atoms with Crippen molar-refractivity contribution in [2.24, 2.45) is 0 Å². The molecule has 2 rings (SSSR count). The van der Waals surface area contributed by atoms with Crippen LogP contribution in [-0.4, -0.2) is 48.8 Å². The Labute approximate surface area is 162 Å². The van der Waals surface area contributed by atoms with Crippen molar-refractivity contribution in [2.45, 2.75) is 63.4 Å². The average molecular weight is 401 g/mol. The highest BCUT2D eigenvalue weighted by Gasteiger charge is 2.64. The third kappa shape index (κ3) is 4.16. The van der Waals surface area contributed by atoms with Gasteiger partial charge in [0.15, 0.2) is 0 Å². The summed E-state index contributed by atoms with van der Waals surface area (Å²) < 4.78 is 52.6. The Hall–Kier alpha value is -2.09. The second kappa shape index (κ2) is 8.94. The molecule has 1 heterocycles. The first-order valence-electron chi connectivity index (χ1n) is 9.34. The average Bonchev–Trinajstić information content (AvgIpc) is 2.62. The number of benzene rings is 1. The van der Waals surface area contributed by atoms with Crippen molar-refractivity contribution in [3.63, 3.8) is 0 Å². The SMILES string of the molecule is CCOC(=O)C[C@@H]1CCC[C@H](C)N1C(=O)[C@](OC)(c1ccccc1)C(F)(F)F. The molecular formula is C20H26F3NO4. The molecule has 0 aliphatic carbocycles. The summed E-state index contributed by atoms with van der Waals surface area (Å²) in [5, 5.41) is 0. The van der Waals surface area contributed by atoms with E-state index in [-0.39, 0.29) is 18.6 Å². The van der Waals surface area contributed by atoms with Gasteiger partial charge in [0, 0.05) is 24.8 Å². The molecule has 1 aromatic carbocycles. The molecule has 0 radical (unpaired) electrons. The fourth-order valence-electron chi connectivity index (χ4n) is 3.85. The number of amides is 1. The van der Waals surface area contributed by atoms with Crippen LogP contribution in [0.25, 0.3) is 0 Å². The third-order valence-corrected chi connectivity index (χ3v) is 5.16. The summed E-state index contributed by atoms with van der Waals surface area (Å²) >= 11 is 0. The lowest BCUT2D eigenvalue weighted by Gasteiger charge is -2.45. The van der Waals surface area contributed by atoms with E-state index in [1.54, 1.807) is 19.9 Å². The van der Waals surface area contributed by atoms with Gasteiger partial charge < -0.3 is 14.4 Å². The monoisotopic (exact) mass is 401 g/mol. The topological polar surface area (TPSA) is 55.8 Å². The van der Waals surface area contributed by atoms with E-state index in [9.17, 15) is 22.8 Å². The molecule has 1 saturated heterocycles. The van der Waals surface area contributed by atoms with E-state index in [0.29, 0.717) is 19.3 Å². The molecule has 1 aromatic rings. The van der Waals surface area contributed by atoms with Gasteiger partial charge in [-0.1, -0.05) is 30.3 Å². The van der Waals surface area contributed by atoms with Gasteiger partial charge in [0.1, 0.15) is 0 Å². The van der Waals surface area contributed by atoms with E-state index in [2.05, 4.69) is 0 Å². The summed E-state index contributed by atoms with van der Waals surface area (Å²) in [5.74, 6) is -1.73. The molecule has 156 valence electrons. The summed E-state index contributed by atoms with van der Waals surface area (Å²) in [6, 6.07) is 5.75. The van der Waals surface area contributed by atoms with Crippen LogP contribution in [0.5, 0.6) is 0 Å². The van der Waals surface area contributed by atoms with E-state index < -0.39 is 35.7 Å². The fraction of sp³-hybridized carbons (Fsp3) is 0.600. The molecule has 0 unspecified atom stereocenters. The fourth-order valence-corrected chi connectivity index (χ4v) is 3.85. The number of carbonyl (C=O) groups is 2. The van der Waals surface area contributed by atoms with Gasteiger partial charge in [-0.05, 0) is 33.1 Å². The summed E-state index contributed by atoms with van der Waals surface area (Å²) in [7, 11) is 0.882. The van der Waals surface area contributed by atoms with Crippen molar-refractivity contribution in [3.05, 3.63) is 35.9 Å². The van der Waals surface area contributed by atoms with Crippen LogP contribution in [0, 0.1) is 0 Å². The second-order valence-corrected chi connectivity index (χ2v) is 6.90. The normalized spacial score (nSPS) is 22.4. The van der Waals surface area contributed by atoms with Crippen molar-refractivity contribution in [2.75, 3.05) is 13.7 Å². The number of nitrogens with zero attached hydrogens (tertiary/aromatic N) is 1. The maximum atomic E-state index is 14.2. The molecule has 1 aliphatic heterocycles. The van der Waals surface area contributed by atoms with Crippen LogP contribution in [0.1, 0.15) is 45.1 Å². The molecule has 5 nitrogen and oxygen atoms in total. The van der Waals surface area contributed by atoms with Crippen molar-refractivity contribution in [3.8, 4) is 0 Å². The van der Waals surface area contributed by atoms with Crippen LogP contribution in [0.15, 0.2) is 30.3 Å². The van der Waals surface area contributed by atoms with Gasteiger partial charge in [0.25, 0.3) is 11.5 Å². The Morgan fingerprint density at radius 2 is 1.82 bits per heavy atom. The van der Waals surface area contributed by atoms with Crippen molar-refractivity contribution in [1.82, 2.24) is 4.90 Å². The van der Waals surface area contributed by atoms with Gasteiger partial charge in [-0.15, -0.1) is 0 Å². The number of hydrogen-bond donors (Lipinski definition) is 0. The standard InChI is InChI=1S/C20H26F3NO4/c1-4-28-17(25)13-16-12-8-9-14(2)24(16)18(26)19(27-3,20(21,22)23)15-10-6-5-7-11-15/h5-7,10-11,14,16H,4,8-9,12-13H2,1-3H3/t14-,16-,19+/m0/s1. The minimum atomic E-state index is -4.98. The molecule has 0 N–H and O–H groups in total. The van der Waals surface area contributed by atoms with E-state index >= 15 is 0 Å². The zero-order valence-electron chi connectivity index (χ0n) is 16.3. The number of methoxy groups -OCH3 is 1. The van der Waals surface area contributed by atoms with Crippen LogP contribution >= 0.6 is 0 Å². The lowest BCUT2D eigenvalue weighted by Crippen LogP contribution is -2.62. The predicted octanol–water partition coefficient (Wildman–Crippen LogP) is 3.81. The number of esters is 1. The third-order valence-electron chi connectivity index (χ3n) is 5.16. The molecule has 0 saturated carbocycles. The van der Waals surface area contributed by atoms with Crippen molar-refractivity contribution < 1.29 is 32.2 Å². The highest BCUT2D eigenvalue weighted by molar-refractivity contribution is 5.89. The molecule has 3 atom stereocenters. The number of ether oxygens (including phenoxy) is 2. The zero-order chi connectivity index (χ0) is 20.9. The van der Waals surface area contributed by atoms with Crippen LogP contribution in [-0.2, 0) is 24.7 Å². The Morgan fingerprint density at radius 3 is 2.36 bits per heavy atom. The number of halogens is 3. The van der Waals surface area contributed by atoms with Gasteiger partial charge in [0.05, 0.1) is 13.0 Å². The Kier molecular flexibility index (Phi) is 7.09. The van der Waals surface area contributed by atoms with E-state index in [1.165, 1.54) is 29.2 Å². The zero-order valence-corrected chi connectivity index (χ0v) is 16.3. The summed E-state index contributed by atoms with van der Waals surface area (Å²) in [6.45, 7) is 3.51. The summed E-state index contributed by atoms with van der Waals surface area (Å²) in [4.78, 5) is 26.5. The minimum Gasteiger partial charge on any atom is -0.466 e. The second-order valence-electron chi connectivity index (χ2n) is 6.90. The minimum absolute atomic E-state index is 0.142. The Balaban J connectivity index is 2.49. The predicted molar refractivity (Wildman–Crippen MR) is 96.4 cm³/mol. The van der Waals surface area contributed by atoms with E-state index in [4.69, 9.17) is 9.47 Å². The van der Waals surface area contributed by atoms with Crippen LogP contribution in [0.3, 0.4) is 0 Å². The van der Waals surface area contributed by atoms with Crippen molar-refractivity contribution >= 4 is 11.9 Å². The quantitative estimate of drug-likeness (QED) is 0.680. The van der Waals surface area contributed by atoms with E-state index in [0.717, 1.165) is 7.11 Å². The van der Waals surface area contributed by atoms with Gasteiger partial charge in [-0.3, -0.25) is 9.59 Å². The van der Waals surface area contributed by atoms with Gasteiger partial charge in [-0.25, -0.2) is 0 Å². The Bertz CT molecular complexity index is 680. The molecule has 0 aromatic heterocycles. The molecule has 0 bridgehead atoms. The molecule has 8 heteroatoms. The number of rotatable bonds is 6. The highest BCUT2D eigenvalue weighted by Crippen LogP contribution is 2.45. The lowest BCUT2D eigenvalue weighted by molar-refractivity contribution is -0.272. The van der Waals surface area contributed by atoms with Gasteiger partial charge >= 0.3 is 12.1 Å². The molecule has 1 aliphatic rings. The lowest BCUT2D eigenvalue weighted by atomic mass is 9.86. The number of carbonyl (C=O) groups excluding carboxylic acids is 2. The summed E-state index contributed by atoms with van der Waals surface area (Å²) in [6.07, 6.45) is -3.42. The van der Waals surface area contributed by atoms with Gasteiger partial charge in [0.2, 0.25) is 0 Å².